The second kappa shape index (κ2) is 52.2. The number of carboxylic acid groups (broad SMARTS) is 3. The van der Waals surface area contributed by atoms with Crippen molar-refractivity contribution in [1.82, 2.24) is 0 Å². The topological polar surface area (TPSA) is 112 Å². The van der Waals surface area contributed by atoms with Crippen molar-refractivity contribution in [2.75, 3.05) is 0 Å². The molecular weight excluding hydrogens is 600 g/mol. The van der Waals surface area contributed by atoms with Crippen LogP contribution in [0.25, 0.3) is 0 Å². The monoisotopic (exact) mass is 687 g/mol. The van der Waals surface area contributed by atoms with Crippen LogP contribution in [0.4, 0.5) is 0 Å². The highest BCUT2D eigenvalue weighted by atomic mass is 16.4. The molecule has 0 aliphatic carbocycles. The number of hydrogen-bond donors (Lipinski definition) is 3. The molecule has 0 saturated heterocycles. The Labute approximate surface area is 300 Å². The fourth-order valence-corrected chi connectivity index (χ4v) is 5.26. The maximum absolute atomic E-state index is 10.2. The number of unbranched alkanes of at least 4 members (excludes halogenated alkanes) is 27. The molecule has 48 heavy (non-hydrogen) atoms. The van der Waals surface area contributed by atoms with Crippen LogP contribution in [0.1, 0.15) is 253 Å². The van der Waals surface area contributed by atoms with E-state index in [0.717, 1.165) is 38.5 Å². The van der Waals surface area contributed by atoms with Crippen molar-refractivity contribution in [3.05, 3.63) is 0 Å². The molecule has 0 aromatic rings. The van der Waals surface area contributed by atoms with Gasteiger partial charge in [-0.05, 0) is 19.3 Å². The summed E-state index contributed by atoms with van der Waals surface area (Å²) in [6, 6.07) is 0. The molecule has 0 atom stereocenters. The SMILES string of the molecule is CCCCCC.CCCCCCCCCCCC(=O)O.CCCCCCCCCCCC(=O)O.CCCCCCCCCCCC(=O)O. The maximum atomic E-state index is 10.2. The van der Waals surface area contributed by atoms with Crippen molar-refractivity contribution < 1.29 is 29.7 Å². The summed E-state index contributed by atoms with van der Waals surface area (Å²) in [5.74, 6) is -1.98. The molecule has 0 aromatic heterocycles. The van der Waals surface area contributed by atoms with Crippen LogP contribution in [0.5, 0.6) is 0 Å². The second-order valence-electron chi connectivity index (χ2n) is 13.6. The van der Waals surface area contributed by atoms with Gasteiger partial charge < -0.3 is 15.3 Å². The van der Waals surface area contributed by atoms with E-state index in [1.54, 1.807) is 0 Å². The maximum Gasteiger partial charge on any atom is 0.303 e. The van der Waals surface area contributed by atoms with Gasteiger partial charge in [0.1, 0.15) is 0 Å². The number of carbonyl (C=O) groups is 3. The molecule has 0 fully saturated rings. The molecule has 0 bridgehead atoms. The van der Waals surface area contributed by atoms with E-state index in [-0.39, 0.29) is 0 Å². The first-order valence-corrected chi connectivity index (χ1v) is 20.9. The van der Waals surface area contributed by atoms with Crippen LogP contribution in [0.3, 0.4) is 0 Å². The number of hydrogen-bond acceptors (Lipinski definition) is 3. The number of aliphatic carboxylic acids is 3. The number of carboxylic acids is 3. The molecule has 290 valence electrons. The highest BCUT2D eigenvalue weighted by Gasteiger charge is 1.98. The highest BCUT2D eigenvalue weighted by molar-refractivity contribution is 5.67. The quantitative estimate of drug-likeness (QED) is 0.0592. The van der Waals surface area contributed by atoms with E-state index in [4.69, 9.17) is 15.3 Å². The average molecular weight is 687 g/mol. The van der Waals surface area contributed by atoms with Gasteiger partial charge in [-0.2, -0.15) is 0 Å². The minimum absolute atomic E-state index is 0.343. The predicted molar refractivity (Wildman–Crippen MR) is 208 cm³/mol. The highest BCUT2D eigenvalue weighted by Crippen LogP contribution is 2.12. The van der Waals surface area contributed by atoms with Gasteiger partial charge >= 0.3 is 17.9 Å². The van der Waals surface area contributed by atoms with Crippen LogP contribution in [0.15, 0.2) is 0 Å². The molecule has 6 nitrogen and oxygen atoms in total. The summed E-state index contributed by atoms with van der Waals surface area (Å²) in [6.45, 7) is 11.1. The molecule has 0 spiro atoms. The number of rotatable bonds is 33. The summed E-state index contributed by atoms with van der Waals surface area (Å²) in [5.41, 5.74) is 0. The van der Waals surface area contributed by atoms with E-state index in [1.807, 2.05) is 0 Å². The van der Waals surface area contributed by atoms with Gasteiger partial charge in [0, 0.05) is 19.3 Å². The normalized spacial score (nSPS) is 10.2. The molecule has 0 radical (unpaired) electrons. The van der Waals surface area contributed by atoms with Crippen LogP contribution in [0.2, 0.25) is 0 Å². The molecule has 0 heterocycles. The predicted octanol–water partition coefficient (Wildman–Crippen LogP) is 14.6. The molecule has 0 aliphatic heterocycles. The van der Waals surface area contributed by atoms with Gasteiger partial charge in [-0.15, -0.1) is 0 Å². The first kappa shape index (κ1) is 53.2. The lowest BCUT2D eigenvalue weighted by atomic mass is 10.1. The summed E-state index contributed by atoms with van der Waals surface area (Å²) in [6.07, 6.45) is 40.0. The zero-order chi connectivity index (χ0) is 36.8. The van der Waals surface area contributed by atoms with Crippen LogP contribution < -0.4 is 0 Å². The molecule has 0 rings (SSSR count). The van der Waals surface area contributed by atoms with E-state index >= 15 is 0 Å². The average Bonchev–Trinajstić information content (AvgIpc) is 3.05. The summed E-state index contributed by atoms with van der Waals surface area (Å²) in [7, 11) is 0. The van der Waals surface area contributed by atoms with Gasteiger partial charge in [0.05, 0.1) is 0 Å². The van der Waals surface area contributed by atoms with E-state index in [2.05, 4.69) is 34.6 Å². The van der Waals surface area contributed by atoms with Gasteiger partial charge in [-0.3, -0.25) is 14.4 Å². The molecular formula is C42H86O6. The largest absolute Gasteiger partial charge is 0.481 e. The van der Waals surface area contributed by atoms with Crippen LogP contribution in [0, 0.1) is 0 Å². The Balaban J connectivity index is -0.000000279. The van der Waals surface area contributed by atoms with Crippen molar-refractivity contribution in [2.24, 2.45) is 0 Å². The lowest BCUT2D eigenvalue weighted by Gasteiger charge is -2.00. The Morgan fingerprint density at radius 2 is 0.375 bits per heavy atom. The van der Waals surface area contributed by atoms with Gasteiger partial charge in [0.2, 0.25) is 0 Å². The van der Waals surface area contributed by atoms with Crippen LogP contribution in [-0.4, -0.2) is 33.2 Å². The molecule has 0 saturated carbocycles. The zero-order valence-electron chi connectivity index (χ0n) is 33.1. The fourth-order valence-electron chi connectivity index (χ4n) is 5.26. The third-order valence-electron chi connectivity index (χ3n) is 8.44. The Hall–Kier alpha value is -1.59. The van der Waals surface area contributed by atoms with Gasteiger partial charge in [-0.25, -0.2) is 0 Å². The lowest BCUT2D eigenvalue weighted by Crippen LogP contribution is -1.93. The van der Waals surface area contributed by atoms with E-state index in [1.165, 1.54) is 161 Å². The molecule has 0 amide bonds. The van der Waals surface area contributed by atoms with Crippen molar-refractivity contribution in [2.45, 2.75) is 253 Å². The summed E-state index contributed by atoms with van der Waals surface area (Å²) in [4.78, 5) is 30.6. The summed E-state index contributed by atoms with van der Waals surface area (Å²) in [5, 5.41) is 25.2. The Morgan fingerprint density at radius 3 is 0.521 bits per heavy atom. The van der Waals surface area contributed by atoms with Crippen molar-refractivity contribution >= 4 is 17.9 Å². The molecule has 0 unspecified atom stereocenters. The smallest absolute Gasteiger partial charge is 0.303 e. The van der Waals surface area contributed by atoms with Gasteiger partial charge in [0.15, 0.2) is 0 Å². The third-order valence-corrected chi connectivity index (χ3v) is 8.44. The Morgan fingerprint density at radius 1 is 0.250 bits per heavy atom. The Kier molecular flexibility index (Phi) is 57.9. The van der Waals surface area contributed by atoms with Crippen molar-refractivity contribution in [3.63, 3.8) is 0 Å². The second-order valence-corrected chi connectivity index (χ2v) is 13.6. The van der Waals surface area contributed by atoms with Gasteiger partial charge in [0.25, 0.3) is 0 Å². The van der Waals surface area contributed by atoms with Crippen molar-refractivity contribution in [3.8, 4) is 0 Å². The lowest BCUT2D eigenvalue weighted by molar-refractivity contribution is -0.138. The first-order chi connectivity index (χ1) is 23.2. The third kappa shape index (κ3) is 70.7. The van der Waals surface area contributed by atoms with Crippen LogP contribution in [-0.2, 0) is 14.4 Å². The van der Waals surface area contributed by atoms with Crippen molar-refractivity contribution in [1.29, 1.82) is 0 Å². The first-order valence-electron chi connectivity index (χ1n) is 20.9. The minimum atomic E-state index is -0.659. The summed E-state index contributed by atoms with van der Waals surface area (Å²) >= 11 is 0. The standard InChI is InChI=1S/3C12H24O2.C6H14/c3*1-2-3-4-5-6-7-8-9-10-11-12(13)14;1-3-5-6-4-2/h3*2-11H2,1H3,(H,13,14);3-6H2,1-2H3. The molecule has 6 heteroatoms. The van der Waals surface area contributed by atoms with E-state index in [9.17, 15) is 14.4 Å². The molecule has 3 N–H and O–H groups in total. The fraction of sp³-hybridized carbons (Fsp3) is 0.929. The molecule has 0 aliphatic rings. The molecule has 0 aromatic carbocycles. The van der Waals surface area contributed by atoms with E-state index < -0.39 is 17.9 Å². The Bertz CT molecular complexity index is 527. The van der Waals surface area contributed by atoms with E-state index in [0.29, 0.717) is 19.3 Å². The minimum Gasteiger partial charge on any atom is -0.481 e. The van der Waals surface area contributed by atoms with Gasteiger partial charge in [-0.1, -0.05) is 214 Å². The zero-order valence-corrected chi connectivity index (χ0v) is 33.1. The summed E-state index contributed by atoms with van der Waals surface area (Å²) < 4.78 is 0. The van der Waals surface area contributed by atoms with Crippen LogP contribution >= 0.6 is 0 Å².